The topological polar surface area (TPSA) is 68.5 Å². The third-order valence-corrected chi connectivity index (χ3v) is 5.61. The van der Waals surface area contributed by atoms with Crippen molar-refractivity contribution in [3.8, 4) is 5.75 Å². The summed E-state index contributed by atoms with van der Waals surface area (Å²) in [5.41, 5.74) is 3.09. The summed E-state index contributed by atoms with van der Waals surface area (Å²) < 4.78 is 23.6. The van der Waals surface area contributed by atoms with Gasteiger partial charge in [-0.05, 0) is 37.6 Å². The number of benzene rings is 2. The second-order valence-electron chi connectivity index (χ2n) is 6.70. The van der Waals surface area contributed by atoms with Gasteiger partial charge in [0.1, 0.15) is 11.5 Å². The van der Waals surface area contributed by atoms with E-state index in [-0.39, 0.29) is 17.4 Å². The molecule has 3 aromatic rings. The van der Waals surface area contributed by atoms with Gasteiger partial charge in [-0.25, -0.2) is 0 Å². The van der Waals surface area contributed by atoms with Crippen molar-refractivity contribution in [3.63, 3.8) is 0 Å². The van der Waals surface area contributed by atoms with Crippen molar-refractivity contribution in [1.82, 2.24) is 5.32 Å². The van der Waals surface area contributed by atoms with Crippen LogP contribution < -0.4 is 10.1 Å². The molecule has 2 aromatic carbocycles. The number of nitrogens with one attached hydrogen (secondary N) is 1. The predicted molar refractivity (Wildman–Crippen MR) is 114 cm³/mol. The van der Waals surface area contributed by atoms with E-state index >= 15 is 0 Å². The Morgan fingerprint density at radius 1 is 1.03 bits per heavy atom. The van der Waals surface area contributed by atoms with Crippen molar-refractivity contribution < 1.29 is 18.2 Å². The molecule has 0 aliphatic carbocycles. The third kappa shape index (κ3) is 6.06. The van der Waals surface area contributed by atoms with Gasteiger partial charge in [0.05, 0.1) is 12.4 Å². The van der Waals surface area contributed by atoms with Gasteiger partial charge in [-0.2, -0.15) is 0 Å². The summed E-state index contributed by atoms with van der Waals surface area (Å²) in [5.74, 6) is 1.91. The molecule has 1 heterocycles. The first-order chi connectivity index (χ1) is 14.0. The minimum absolute atomic E-state index is 0.209. The van der Waals surface area contributed by atoms with E-state index in [2.05, 4.69) is 5.32 Å². The van der Waals surface area contributed by atoms with Crippen molar-refractivity contribution >= 4 is 16.7 Å². The van der Waals surface area contributed by atoms with Crippen LogP contribution in [-0.2, 0) is 28.9 Å². The molecule has 0 aliphatic rings. The van der Waals surface area contributed by atoms with E-state index in [4.69, 9.17) is 9.15 Å². The summed E-state index contributed by atoms with van der Waals surface area (Å²) in [4.78, 5) is 12.4. The minimum atomic E-state index is -1.11. The van der Waals surface area contributed by atoms with Crippen molar-refractivity contribution in [2.45, 2.75) is 31.9 Å². The highest BCUT2D eigenvalue weighted by atomic mass is 32.2. The van der Waals surface area contributed by atoms with Gasteiger partial charge in [0.25, 0.3) is 5.91 Å². The van der Waals surface area contributed by atoms with E-state index in [9.17, 15) is 9.00 Å². The Morgan fingerprint density at radius 2 is 1.79 bits per heavy atom. The van der Waals surface area contributed by atoms with Crippen molar-refractivity contribution in [1.29, 1.82) is 0 Å². The van der Waals surface area contributed by atoms with Gasteiger partial charge in [0.15, 0.2) is 5.76 Å². The molecular weight excluding hydrogens is 386 g/mol. The Labute approximate surface area is 173 Å². The summed E-state index contributed by atoms with van der Waals surface area (Å²) >= 11 is 0. The molecule has 0 spiro atoms. The molecule has 0 unspecified atom stereocenters. The summed E-state index contributed by atoms with van der Waals surface area (Å²) in [6.45, 7) is 4.84. The van der Waals surface area contributed by atoms with Crippen LogP contribution in [-0.4, -0.2) is 16.7 Å². The van der Waals surface area contributed by atoms with Crippen LogP contribution >= 0.6 is 0 Å². The Morgan fingerprint density at radius 3 is 2.55 bits per heavy atom. The molecule has 0 fully saturated rings. The molecule has 152 valence electrons. The van der Waals surface area contributed by atoms with Crippen LogP contribution in [0.3, 0.4) is 0 Å². The van der Waals surface area contributed by atoms with Crippen LogP contribution in [0.2, 0.25) is 0 Å². The fraction of sp³-hybridized carbons (Fsp3) is 0.261. The van der Waals surface area contributed by atoms with Crippen molar-refractivity contribution in [2.24, 2.45) is 0 Å². The standard InChI is InChI=1S/C23H25NO4S/c1-3-27-21-7-5-4-6-19(21)14-24-23(25)22-13-12-20(28-22)16-29(26)15-18-10-8-17(2)9-11-18/h4-13H,3,14-16H2,1-2H3,(H,24,25)/t29-/m0/s1. The summed E-state index contributed by atoms with van der Waals surface area (Å²) in [6.07, 6.45) is 0. The highest BCUT2D eigenvalue weighted by molar-refractivity contribution is 7.83. The molecule has 1 N–H and O–H groups in total. The van der Waals surface area contributed by atoms with Gasteiger partial charge < -0.3 is 14.5 Å². The third-order valence-electron chi connectivity index (χ3n) is 4.35. The fourth-order valence-corrected chi connectivity index (χ4v) is 4.01. The van der Waals surface area contributed by atoms with Gasteiger partial charge in [-0.15, -0.1) is 0 Å². The molecule has 0 saturated heterocycles. The smallest absolute Gasteiger partial charge is 0.287 e. The Bertz CT molecular complexity index is 979. The van der Waals surface area contributed by atoms with Gasteiger partial charge in [-0.1, -0.05) is 48.0 Å². The molecule has 1 amide bonds. The van der Waals surface area contributed by atoms with Crippen LogP contribution in [0, 0.1) is 6.92 Å². The van der Waals surface area contributed by atoms with Gasteiger partial charge in [0, 0.05) is 28.7 Å². The predicted octanol–water partition coefficient (Wildman–Crippen LogP) is 4.37. The number of carbonyl (C=O) groups is 1. The molecule has 0 radical (unpaired) electrons. The maximum atomic E-state index is 12.4. The number of ether oxygens (including phenoxy) is 1. The molecule has 1 atom stereocenters. The Balaban J connectivity index is 1.54. The van der Waals surface area contributed by atoms with Crippen LogP contribution in [0.15, 0.2) is 65.1 Å². The Kier molecular flexibility index (Phi) is 7.25. The number of rotatable bonds is 9. The monoisotopic (exact) mass is 411 g/mol. The number of carbonyl (C=O) groups excluding carboxylic acids is 1. The van der Waals surface area contributed by atoms with Gasteiger partial charge in [0.2, 0.25) is 0 Å². The zero-order chi connectivity index (χ0) is 20.6. The quantitative estimate of drug-likeness (QED) is 0.568. The summed E-state index contributed by atoms with van der Waals surface area (Å²) in [5, 5.41) is 2.84. The molecule has 3 rings (SSSR count). The molecule has 5 nitrogen and oxygen atoms in total. The summed E-state index contributed by atoms with van der Waals surface area (Å²) in [7, 11) is -1.11. The molecule has 1 aromatic heterocycles. The molecule has 0 bridgehead atoms. The van der Waals surface area contributed by atoms with Crippen molar-refractivity contribution in [3.05, 3.63) is 88.9 Å². The van der Waals surface area contributed by atoms with Crippen molar-refractivity contribution in [2.75, 3.05) is 6.61 Å². The normalized spacial score (nSPS) is 11.8. The maximum absolute atomic E-state index is 12.4. The first kappa shape index (κ1) is 20.9. The van der Waals surface area contributed by atoms with Crippen LogP contribution in [0.25, 0.3) is 0 Å². The van der Waals surface area contributed by atoms with E-state index < -0.39 is 10.8 Å². The highest BCUT2D eigenvalue weighted by Crippen LogP contribution is 2.18. The molecule has 0 saturated carbocycles. The van der Waals surface area contributed by atoms with E-state index in [0.717, 1.165) is 16.9 Å². The molecule has 29 heavy (non-hydrogen) atoms. The zero-order valence-corrected chi connectivity index (χ0v) is 17.5. The summed E-state index contributed by atoms with van der Waals surface area (Å²) in [6, 6.07) is 18.9. The number of aryl methyl sites for hydroxylation is 1. The number of hydrogen-bond acceptors (Lipinski definition) is 4. The van der Waals surface area contributed by atoms with E-state index in [0.29, 0.717) is 24.7 Å². The van der Waals surface area contributed by atoms with Gasteiger partial charge >= 0.3 is 0 Å². The lowest BCUT2D eigenvalue weighted by molar-refractivity contribution is 0.0921. The lowest BCUT2D eigenvalue weighted by Gasteiger charge is -2.10. The molecular formula is C23H25NO4S. The number of para-hydroxylation sites is 1. The molecule has 6 heteroatoms. The average molecular weight is 412 g/mol. The minimum Gasteiger partial charge on any atom is -0.494 e. The maximum Gasteiger partial charge on any atom is 0.287 e. The van der Waals surface area contributed by atoms with Crippen LogP contribution in [0.1, 0.15) is 39.9 Å². The SMILES string of the molecule is CCOc1ccccc1CNC(=O)c1ccc(C[S@@](=O)Cc2ccc(C)cc2)o1. The fourth-order valence-electron chi connectivity index (χ4n) is 2.87. The number of amides is 1. The van der Waals surface area contributed by atoms with Gasteiger partial charge in [-0.3, -0.25) is 9.00 Å². The van der Waals surface area contributed by atoms with Crippen LogP contribution in [0.5, 0.6) is 5.75 Å². The van der Waals surface area contributed by atoms with E-state index in [1.807, 2.05) is 62.4 Å². The second kappa shape index (κ2) is 10.1. The first-order valence-electron chi connectivity index (χ1n) is 9.53. The first-order valence-corrected chi connectivity index (χ1v) is 11.0. The highest BCUT2D eigenvalue weighted by Gasteiger charge is 2.14. The second-order valence-corrected chi connectivity index (χ2v) is 8.16. The largest absolute Gasteiger partial charge is 0.494 e. The lowest BCUT2D eigenvalue weighted by atomic mass is 10.2. The van der Waals surface area contributed by atoms with Crippen LogP contribution in [0.4, 0.5) is 0 Å². The number of furan rings is 1. The zero-order valence-electron chi connectivity index (χ0n) is 16.6. The van der Waals surface area contributed by atoms with E-state index in [1.54, 1.807) is 12.1 Å². The lowest BCUT2D eigenvalue weighted by Crippen LogP contribution is -2.22. The molecule has 0 aliphatic heterocycles. The number of hydrogen-bond donors (Lipinski definition) is 1. The average Bonchev–Trinajstić information content (AvgIpc) is 3.17. The Hall–Kier alpha value is -2.86. The van der Waals surface area contributed by atoms with E-state index in [1.165, 1.54) is 5.56 Å².